The van der Waals surface area contributed by atoms with E-state index in [9.17, 15) is 3.09 Å². The topological polar surface area (TPSA) is 37.3 Å². The molecule has 0 fully saturated rings. The van der Waals surface area contributed by atoms with Crippen LogP contribution in [-0.2, 0) is 22.1 Å². The van der Waals surface area contributed by atoms with Gasteiger partial charge in [-0.05, 0) is 0 Å². The molecule has 0 atom stereocenters. The standard InChI is InChI=1S/FH.H2O.O.Ti/h1H;1H2;;/q;;;+2/p-2. The summed E-state index contributed by atoms with van der Waals surface area (Å²) in [6.07, 6.45) is 0. The summed E-state index contributed by atoms with van der Waals surface area (Å²) in [4.78, 5) is 0. The Balaban J connectivity index is 2.80. The molecule has 0 rings (SSSR count). The summed E-state index contributed by atoms with van der Waals surface area (Å²) in [7, 11) is 0. The summed E-state index contributed by atoms with van der Waals surface area (Å²) in [6, 6.07) is 0. The van der Waals surface area contributed by atoms with Crippen molar-refractivity contribution in [3.8, 4) is 0 Å². The summed E-state index contributed by atoms with van der Waals surface area (Å²) in [5.41, 5.74) is 0. The minimum absolute atomic E-state index is 4.08. The molecule has 0 heterocycles. The zero-order chi connectivity index (χ0) is 3.58. The molecule has 0 saturated heterocycles. The van der Waals surface area contributed by atoms with E-state index in [1.165, 1.54) is 0 Å². The van der Waals surface area contributed by atoms with Crippen molar-refractivity contribution in [2.24, 2.45) is 0 Å². The van der Waals surface area contributed by atoms with Crippen molar-refractivity contribution >= 4 is 0 Å². The maximum absolute atomic E-state index is 10.2. The van der Waals surface area contributed by atoms with Gasteiger partial charge in [0, 0.05) is 0 Å². The predicted octanol–water partition coefficient (Wildman–Crippen LogP) is -0.258. The average molecular weight is 99.9 g/mol. The van der Waals surface area contributed by atoms with Crippen LogP contribution in [0.25, 0.3) is 0 Å². The van der Waals surface area contributed by atoms with E-state index in [1.807, 2.05) is 0 Å². The second-order valence-electron chi connectivity index (χ2n) is 0.253. The van der Waals surface area contributed by atoms with Gasteiger partial charge in [-0.25, -0.2) is 0 Å². The first-order chi connectivity index (χ1) is 1.73. The number of rotatable bonds is 0. The Labute approximate surface area is 29.6 Å². The number of hydrogen-bond acceptors (Lipinski definition) is 1. The van der Waals surface area contributed by atoms with Crippen LogP contribution in [0, 0.1) is 0 Å². The Morgan fingerprint density at radius 2 is 2.00 bits per heavy atom. The van der Waals surface area contributed by atoms with Gasteiger partial charge in [0.1, 0.15) is 0 Å². The molecule has 4 heavy (non-hydrogen) atoms. The third kappa shape index (κ3) is 29.0. The summed E-state index contributed by atoms with van der Waals surface area (Å²) < 4.78 is 25.8. The van der Waals surface area contributed by atoms with Crippen LogP contribution < -0.4 is 0 Å². The Hall–Kier alpha value is 0.404. The molecule has 0 bridgehead atoms. The Bertz CT molecular complexity index is 29.0. The van der Waals surface area contributed by atoms with Crippen molar-refractivity contribution in [3.63, 3.8) is 0 Å². The van der Waals surface area contributed by atoms with E-state index < -0.39 is 18.8 Å². The quantitative estimate of drug-likeness (QED) is 0.426. The van der Waals surface area contributed by atoms with Crippen molar-refractivity contribution in [2.75, 3.05) is 0 Å². The third-order valence-electron chi connectivity index (χ3n) is 0. The van der Waals surface area contributed by atoms with Crippen molar-refractivity contribution in [2.45, 2.75) is 0 Å². The fourth-order valence-corrected chi connectivity index (χ4v) is 0. The Morgan fingerprint density at radius 3 is 2.00 bits per heavy atom. The molecule has 1 N–H and O–H groups in total. The molecule has 0 aliphatic heterocycles. The molecule has 24 valence electrons. The monoisotopic (exact) mass is 99.9 g/mol. The van der Waals surface area contributed by atoms with Crippen molar-refractivity contribution < 1.29 is 28.9 Å². The molecular weight excluding hydrogens is 98.9 g/mol. The molecule has 4 heteroatoms. The molecule has 0 aromatic carbocycles. The van der Waals surface area contributed by atoms with Gasteiger partial charge in [-0.2, -0.15) is 0 Å². The molecule has 0 radical (unpaired) electrons. The molecule has 0 unspecified atom stereocenters. The van der Waals surface area contributed by atoms with E-state index in [1.54, 1.807) is 0 Å². The first kappa shape index (κ1) is 4.40. The first-order valence-corrected chi connectivity index (χ1v) is 2.54. The summed E-state index contributed by atoms with van der Waals surface area (Å²) in [6.45, 7) is 0. The normalized spacial score (nSPS) is 6.50. The van der Waals surface area contributed by atoms with Gasteiger partial charge in [-0.15, -0.1) is 0 Å². The van der Waals surface area contributed by atoms with Crippen LogP contribution in [0.1, 0.15) is 0 Å². The number of hydrogen-bond donors (Lipinski definition) is 1. The molecule has 0 aliphatic carbocycles. The number of halogens is 1. The fourth-order valence-electron chi connectivity index (χ4n) is 0. The van der Waals surface area contributed by atoms with Crippen LogP contribution in [0.15, 0.2) is 0 Å². The minimum atomic E-state index is -4.08. The first-order valence-electron chi connectivity index (χ1n) is 0.617. The molecule has 0 aromatic rings. The van der Waals surface area contributed by atoms with E-state index in [0.717, 1.165) is 0 Å². The zero-order valence-corrected chi connectivity index (χ0v) is 3.29. The third-order valence-corrected chi connectivity index (χ3v) is 0. The second kappa shape index (κ2) is 1.70. The Kier molecular flexibility index (Phi) is 1.87. The van der Waals surface area contributed by atoms with Gasteiger partial charge in [0.05, 0.1) is 0 Å². The van der Waals surface area contributed by atoms with Gasteiger partial charge in [0.2, 0.25) is 0 Å². The van der Waals surface area contributed by atoms with Gasteiger partial charge in [-0.1, -0.05) is 0 Å². The molecule has 0 amide bonds. The molecule has 0 saturated carbocycles. The van der Waals surface area contributed by atoms with Crippen LogP contribution in [-0.4, -0.2) is 3.69 Å². The molecule has 2 nitrogen and oxygen atoms in total. The van der Waals surface area contributed by atoms with Gasteiger partial charge in [-0.3, -0.25) is 0 Å². The van der Waals surface area contributed by atoms with E-state index >= 15 is 0 Å². The van der Waals surface area contributed by atoms with Gasteiger partial charge in [0.15, 0.2) is 0 Å². The Morgan fingerprint density at radius 1 is 2.00 bits per heavy atom. The van der Waals surface area contributed by atoms with Gasteiger partial charge < -0.3 is 0 Å². The van der Waals surface area contributed by atoms with Crippen LogP contribution in [0.2, 0.25) is 0 Å². The van der Waals surface area contributed by atoms with Gasteiger partial charge in [0.25, 0.3) is 0 Å². The summed E-state index contributed by atoms with van der Waals surface area (Å²) >= 11 is -4.08. The van der Waals surface area contributed by atoms with Crippen LogP contribution in [0.3, 0.4) is 0 Å². The molecule has 0 aromatic heterocycles. The van der Waals surface area contributed by atoms with E-state index in [-0.39, 0.29) is 0 Å². The predicted molar refractivity (Wildman–Crippen MR) is 4.01 cm³/mol. The SMILES string of the molecule is [O]=[Ti]([OH])[F]. The van der Waals surface area contributed by atoms with Crippen LogP contribution in [0.5, 0.6) is 0 Å². The van der Waals surface area contributed by atoms with Crippen LogP contribution >= 0.6 is 0 Å². The average Bonchev–Trinajstić information content (AvgIpc) is 0.811. The van der Waals surface area contributed by atoms with Crippen LogP contribution in [0.4, 0.5) is 3.09 Å². The zero-order valence-electron chi connectivity index (χ0n) is 1.73. The molecule has 0 aliphatic rings. The van der Waals surface area contributed by atoms with E-state index in [2.05, 4.69) is 0 Å². The van der Waals surface area contributed by atoms with Crippen molar-refractivity contribution in [3.05, 3.63) is 0 Å². The van der Waals surface area contributed by atoms with Gasteiger partial charge >= 0.3 is 28.9 Å². The molecular formula is HFO2Ti. The summed E-state index contributed by atoms with van der Waals surface area (Å²) in [5.74, 6) is 0. The molecule has 0 spiro atoms. The second-order valence-corrected chi connectivity index (χ2v) is 1.04. The van der Waals surface area contributed by atoms with E-state index in [4.69, 9.17) is 7.01 Å². The van der Waals surface area contributed by atoms with Crippen molar-refractivity contribution in [1.29, 1.82) is 0 Å². The summed E-state index contributed by atoms with van der Waals surface area (Å²) in [5, 5.41) is 0. The van der Waals surface area contributed by atoms with E-state index in [0.29, 0.717) is 0 Å². The van der Waals surface area contributed by atoms with Crippen molar-refractivity contribution in [1.82, 2.24) is 0 Å². The maximum atomic E-state index is 10.2. The fraction of sp³-hybridized carbons (Fsp3) is 0.